The molecule has 1 aromatic rings. The number of nitrogens with zero attached hydrogens (tertiary/aromatic N) is 1. The van der Waals surface area contributed by atoms with Gasteiger partial charge in [0.05, 0.1) is 25.2 Å². The van der Waals surface area contributed by atoms with E-state index in [0.29, 0.717) is 6.54 Å². The molecule has 4 heteroatoms. The molecule has 0 heterocycles. The van der Waals surface area contributed by atoms with E-state index < -0.39 is 6.10 Å². The molecular formula is C21H29NO3. The molecule has 5 rings (SSSR count). The number of methoxy groups -OCH3 is 1. The third-order valence-corrected chi connectivity index (χ3v) is 6.76. The smallest absolute Gasteiger partial charge is 0.228 e. The highest BCUT2D eigenvalue weighted by Gasteiger charge is 2.55. The summed E-state index contributed by atoms with van der Waals surface area (Å²) in [5, 5.41) is 10.6. The molecule has 1 N–H and O–H groups in total. The van der Waals surface area contributed by atoms with Gasteiger partial charge in [-0.05, 0) is 74.0 Å². The first-order valence-electron chi connectivity index (χ1n) is 9.56. The Bertz CT molecular complexity index is 621. The van der Waals surface area contributed by atoms with Crippen LogP contribution in [0.1, 0.15) is 50.2 Å². The molecule has 1 atom stereocenters. The second-order valence-corrected chi connectivity index (χ2v) is 8.68. The van der Waals surface area contributed by atoms with Gasteiger partial charge in [0.25, 0.3) is 0 Å². The summed E-state index contributed by atoms with van der Waals surface area (Å²) in [6, 6.07) is 7.46. The molecular weight excluding hydrogens is 314 g/mol. The van der Waals surface area contributed by atoms with Crippen molar-refractivity contribution in [3.05, 3.63) is 29.8 Å². The monoisotopic (exact) mass is 343 g/mol. The average molecular weight is 343 g/mol. The Labute approximate surface area is 150 Å². The van der Waals surface area contributed by atoms with Gasteiger partial charge >= 0.3 is 0 Å². The van der Waals surface area contributed by atoms with Crippen molar-refractivity contribution in [3.63, 3.8) is 0 Å². The quantitative estimate of drug-likeness (QED) is 0.891. The molecule has 4 nitrogen and oxygen atoms in total. The molecule has 0 spiro atoms. The van der Waals surface area contributed by atoms with Crippen LogP contribution in [0.25, 0.3) is 0 Å². The van der Waals surface area contributed by atoms with E-state index in [4.69, 9.17) is 4.74 Å². The van der Waals surface area contributed by atoms with Crippen LogP contribution in [0.3, 0.4) is 0 Å². The molecule has 1 unspecified atom stereocenters. The maximum Gasteiger partial charge on any atom is 0.228 e. The van der Waals surface area contributed by atoms with E-state index in [9.17, 15) is 9.90 Å². The lowest BCUT2D eigenvalue weighted by Gasteiger charge is -2.56. The van der Waals surface area contributed by atoms with E-state index in [-0.39, 0.29) is 11.3 Å². The Hall–Kier alpha value is -1.55. The number of amides is 1. The van der Waals surface area contributed by atoms with Crippen LogP contribution in [0.4, 0.5) is 0 Å². The van der Waals surface area contributed by atoms with Crippen molar-refractivity contribution in [1.82, 2.24) is 4.90 Å². The van der Waals surface area contributed by atoms with Gasteiger partial charge < -0.3 is 14.7 Å². The molecule has 4 fully saturated rings. The van der Waals surface area contributed by atoms with Gasteiger partial charge in [-0.1, -0.05) is 12.1 Å². The van der Waals surface area contributed by atoms with Crippen molar-refractivity contribution >= 4 is 5.91 Å². The maximum atomic E-state index is 13.3. The van der Waals surface area contributed by atoms with Crippen LogP contribution in [0.5, 0.6) is 5.75 Å². The van der Waals surface area contributed by atoms with E-state index in [1.165, 1.54) is 19.3 Å². The van der Waals surface area contributed by atoms with Crippen LogP contribution in [0, 0.1) is 23.2 Å². The zero-order valence-corrected chi connectivity index (χ0v) is 15.3. The molecule has 0 aromatic heterocycles. The molecule has 0 aliphatic heterocycles. The topological polar surface area (TPSA) is 49.8 Å². The van der Waals surface area contributed by atoms with Gasteiger partial charge in [0.1, 0.15) is 5.75 Å². The minimum Gasteiger partial charge on any atom is -0.497 e. The molecule has 4 aliphatic carbocycles. The fourth-order valence-electron chi connectivity index (χ4n) is 6.07. The molecule has 4 bridgehead atoms. The summed E-state index contributed by atoms with van der Waals surface area (Å²) >= 11 is 0. The number of hydrogen-bond donors (Lipinski definition) is 1. The highest BCUT2D eigenvalue weighted by molar-refractivity contribution is 5.83. The first-order chi connectivity index (χ1) is 12.0. The summed E-state index contributed by atoms with van der Waals surface area (Å²) < 4.78 is 5.23. The van der Waals surface area contributed by atoms with Crippen molar-refractivity contribution in [2.75, 3.05) is 20.7 Å². The van der Waals surface area contributed by atoms with Crippen LogP contribution in [-0.4, -0.2) is 36.6 Å². The SMILES string of the molecule is COc1cccc(C(O)CN(C)C(=O)C23CC4CC(CC(C4)C2)C3)c1. The minimum absolute atomic E-state index is 0.141. The number of aliphatic hydroxyl groups excluding tert-OH is 1. The second-order valence-electron chi connectivity index (χ2n) is 8.68. The predicted octanol–water partition coefficient (Wildman–Crippen LogP) is 3.40. The van der Waals surface area contributed by atoms with Gasteiger partial charge in [0, 0.05) is 7.05 Å². The average Bonchev–Trinajstić information content (AvgIpc) is 2.59. The van der Waals surface area contributed by atoms with Gasteiger partial charge in [-0.15, -0.1) is 0 Å². The Morgan fingerprint density at radius 3 is 2.40 bits per heavy atom. The lowest BCUT2D eigenvalue weighted by Crippen LogP contribution is -2.54. The molecule has 0 saturated heterocycles. The highest BCUT2D eigenvalue weighted by atomic mass is 16.5. The summed E-state index contributed by atoms with van der Waals surface area (Å²) in [5.74, 6) is 3.26. The van der Waals surface area contributed by atoms with Gasteiger partial charge in [-0.25, -0.2) is 0 Å². The predicted molar refractivity (Wildman–Crippen MR) is 96.2 cm³/mol. The number of hydrogen-bond acceptors (Lipinski definition) is 3. The molecule has 4 aliphatic rings. The third kappa shape index (κ3) is 3.05. The van der Waals surface area contributed by atoms with Crippen LogP contribution in [0.15, 0.2) is 24.3 Å². The zero-order valence-electron chi connectivity index (χ0n) is 15.3. The first-order valence-corrected chi connectivity index (χ1v) is 9.56. The molecule has 25 heavy (non-hydrogen) atoms. The highest BCUT2D eigenvalue weighted by Crippen LogP contribution is 2.60. The van der Waals surface area contributed by atoms with E-state index in [1.807, 2.05) is 31.3 Å². The fraction of sp³-hybridized carbons (Fsp3) is 0.667. The van der Waals surface area contributed by atoms with Gasteiger partial charge in [-0.2, -0.15) is 0 Å². The van der Waals surface area contributed by atoms with Crippen LogP contribution in [-0.2, 0) is 4.79 Å². The largest absolute Gasteiger partial charge is 0.497 e. The van der Waals surface area contributed by atoms with Gasteiger partial charge in [0.2, 0.25) is 5.91 Å². The Morgan fingerprint density at radius 1 is 1.24 bits per heavy atom. The van der Waals surface area contributed by atoms with Crippen molar-refractivity contribution in [2.24, 2.45) is 23.2 Å². The standard InChI is InChI=1S/C21H29NO3/c1-22(13-19(23)17-4-3-5-18(9-17)25-2)20(24)21-10-14-6-15(11-21)8-16(7-14)12-21/h3-5,9,14-16,19,23H,6-8,10-13H2,1-2H3. The third-order valence-electron chi connectivity index (χ3n) is 6.76. The normalized spacial score (nSPS) is 34.0. The number of rotatable bonds is 5. The summed E-state index contributed by atoms with van der Waals surface area (Å²) in [7, 11) is 3.47. The fourth-order valence-corrected chi connectivity index (χ4v) is 6.07. The first kappa shape index (κ1) is 16.9. The van der Waals surface area contributed by atoms with Crippen molar-refractivity contribution in [1.29, 1.82) is 0 Å². The number of aliphatic hydroxyl groups is 1. The van der Waals surface area contributed by atoms with Gasteiger partial charge in [-0.3, -0.25) is 4.79 Å². The molecule has 0 radical (unpaired) electrons. The van der Waals surface area contributed by atoms with E-state index in [2.05, 4.69) is 0 Å². The van der Waals surface area contributed by atoms with Crippen LogP contribution < -0.4 is 4.74 Å². The number of likely N-dealkylation sites (N-methyl/N-ethyl adjacent to an activating group) is 1. The van der Waals surface area contributed by atoms with E-state index in [0.717, 1.165) is 48.3 Å². The lowest BCUT2D eigenvalue weighted by atomic mass is 9.49. The summed E-state index contributed by atoms with van der Waals surface area (Å²) in [6.07, 6.45) is 6.53. The maximum absolute atomic E-state index is 13.3. The van der Waals surface area contributed by atoms with Crippen molar-refractivity contribution in [3.8, 4) is 5.75 Å². The van der Waals surface area contributed by atoms with Crippen molar-refractivity contribution in [2.45, 2.75) is 44.6 Å². The van der Waals surface area contributed by atoms with E-state index >= 15 is 0 Å². The number of benzene rings is 1. The summed E-state index contributed by atoms with van der Waals surface area (Å²) in [6.45, 7) is 0.341. The molecule has 1 amide bonds. The number of ether oxygens (including phenoxy) is 1. The second kappa shape index (κ2) is 6.31. The summed E-state index contributed by atoms with van der Waals surface area (Å²) in [5.41, 5.74) is 0.655. The Balaban J connectivity index is 1.45. The van der Waals surface area contributed by atoms with E-state index in [1.54, 1.807) is 12.0 Å². The minimum atomic E-state index is -0.682. The molecule has 4 saturated carbocycles. The summed E-state index contributed by atoms with van der Waals surface area (Å²) in [4.78, 5) is 15.1. The molecule has 136 valence electrons. The van der Waals surface area contributed by atoms with Gasteiger partial charge in [0.15, 0.2) is 0 Å². The Kier molecular flexibility index (Phi) is 4.27. The van der Waals surface area contributed by atoms with Crippen molar-refractivity contribution < 1.29 is 14.6 Å². The number of carbonyl (C=O) groups is 1. The van der Waals surface area contributed by atoms with Crippen LogP contribution in [0.2, 0.25) is 0 Å². The van der Waals surface area contributed by atoms with Crippen LogP contribution >= 0.6 is 0 Å². The Morgan fingerprint density at radius 2 is 1.84 bits per heavy atom. The number of carbonyl (C=O) groups excluding carboxylic acids is 1. The molecule has 1 aromatic carbocycles. The zero-order chi connectivity index (χ0) is 17.6. The lowest BCUT2D eigenvalue weighted by molar-refractivity contribution is -0.157.